The molecule has 0 aliphatic heterocycles. The van der Waals surface area contributed by atoms with Crippen LogP contribution < -0.4 is 0 Å². The van der Waals surface area contributed by atoms with Gasteiger partial charge in [-0.2, -0.15) is 0 Å². The maximum Gasteiger partial charge on any atom is 0.106 e. The third-order valence-corrected chi connectivity index (χ3v) is 1.76. The minimum Gasteiger partial charge on any atom is -0.469 e. The van der Waals surface area contributed by atoms with Gasteiger partial charge in [-0.3, -0.25) is 0 Å². The van der Waals surface area contributed by atoms with Crippen LogP contribution in [-0.4, -0.2) is 11.2 Å². The Labute approximate surface area is 66.8 Å². The maximum atomic E-state index is 9.00. The highest BCUT2D eigenvalue weighted by Gasteiger charge is 2.03. The Hall–Kier alpha value is -0.760. The van der Waals surface area contributed by atoms with Crippen molar-refractivity contribution in [3.05, 3.63) is 23.7 Å². The molecule has 0 aliphatic rings. The van der Waals surface area contributed by atoms with Crippen LogP contribution in [-0.2, 0) is 6.42 Å². The lowest BCUT2D eigenvalue weighted by molar-refractivity contribution is 0.182. The summed E-state index contributed by atoms with van der Waals surface area (Å²) in [6, 6.07) is 1.94. The van der Waals surface area contributed by atoms with Crippen LogP contribution in [0.4, 0.5) is 0 Å². The minimum absolute atomic E-state index is 0.237. The number of hydrogen-bond acceptors (Lipinski definition) is 2. The van der Waals surface area contributed by atoms with Gasteiger partial charge in [-0.25, -0.2) is 0 Å². The van der Waals surface area contributed by atoms with Crippen molar-refractivity contribution < 1.29 is 9.52 Å². The molecule has 1 atom stereocenters. The number of aliphatic hydroxyl groups is 1. The zero-order valence-corrected chi connectivity index (χ0v) is 7.00. The molecular formula is C9H14O2. The molecule has 11 heavy (non-hydrogen) atoms. The average molecular weight is 154 g/mol. The minimum atomic E-state index is -0.237. The predicted octanol–water partition coefficient (Wildman–Crippen LogP) is 1.90. The molecule has 0 amide bonds. The topological polar surface area (TPSA) is 33.4 Å². The highest BCUT2D eigenvalue weighted by atomic mass is 16.3. The zero-order valence-electron chi connectivity index (χ0n) is 7.00. The fourth-order valence-electron chi connectivity index (χ4n) is 1.00. The van der Waals surface area contributed by atoms with Gasteiger partial charge in [0.1, 0.15) is 5.76 Å². The second-order valence-electron chi connectivity index (χ2n) is 2.91. The van der Waals surface area contributed by atoms with Gasteiger partial charge < -0.3 is 9.52 Å². The summed E-state index contributed by atoms with van der Waals surface area (Å²) in [5.41, 5.74) is 1.17. The van der Waals surface area contributed by atoms with E-state index in [4.69, 9.17) is 9.52 Å². The van der Waals surface area contributed by atoms with E-state index in [0.29, 0.717) is 0 Å². The Kier molecular flexibility index (Phi) is 2.71. The van der Waals surface area contributed by atoms with Gasteiger partial charge in [0.25, 0.3) is 0 Å². The Morgan fingerprint density at radius 2 is 2.36 bits per heavy atom. The molecule has 2 heteroatoms. The molecule has 0 radical (unpaired) electrons. The number of aryl methyl sites for hydroxylation is 2. The largest absolute Gasteiger partial charge is 0.469 e. The molecule has 0 spiro atoms. The second kappa shape index (κ2) is 3.58. The molecular weight excluding hydrogens is 140 g/mol. The molecule has 1 heterocycles. The van der Waals surface area contributed by atoms with Crippen LogP contribution in [0.5, 0.6) is 0 Å². The molecule has 0 aliphatic carbocycles. The quantitative estimate of drug-likeness (QED) is 0.721. The predicted molar refractivity (Wildman–Crippen MR) is 43.4 cm³/mol. The summed E-state index contributed by atoms with van der Waals surface area (Å²) in [5.74, 6) is 0.992. The van der Waals surface area contributed by atoms with E-state index in [1.165, 1.54) is 5.56 Å². The molecule has 0 fully saturated rings. The first-order valence-electron chi connectivity index (χ1n) is 3.91. The van der Waals surface area contributed by atoms with Crippen LogP contribution >= 0.6 is 0 Å². The summed E-state index contributed by atoms with van der Waals surface area (Å²) in [4.78, 5) is 0. The van der Waals surface area contributed by atoms with Crippen molar-refractivity contribution in [3.8, 4) is 0 Å². The molecule has 0 saturated carbocycles. The van der Waals surface area contributed by atoms with Crippen LogP contribution in [0.15, 0.2) is 16.7 Å². The van der Waals surface area contributed by atoms with Gasteiger partial charge in [0, 0.05) is 6.42 Å². The Morgan fingerprint density at radius 1 is 1.64 bits per heavy atom. The average Bonchev–Trinajstić information content (AvgIpc) is 2.31. The first-order chi connectivity index (χ1) is 5.20. The van der Waals surface area contributed by atoms with E-state index in [-0.39, 0.29) is 6.10 Å². The molecule has 0 saturated heterocycles. The Morgan fingerprint density at radius 3 is 2.82 bits per heavy atom. The highest BCUT2D eigenvalue weighted by Crippen LogP contribution is 2.11. The van der Waals surface area contributed by atoms with Crippen LogP contribution in [0, 0.1) is 6.92 Å². The van der Waals surface area contributed by atoms with E-state index in [2.05, 4.69) is 0 Å². The first-order valence-corrected chi connectivity index (χ1v) is 3.91. The number of aliphatic hydroxyl groups excluding tert-OH is 1. The monoisotopic (exact) mass is 154 g/mol. The van der Waals surface area contributed by atoms with Gasteiger partial charge in [0.15, 0.2) is 0 Å². The van der Waals surface area contributed by atoms with E-state index >= 15 is 0 Å². The standard InChI is InChI=1S/C9H14O2/c1-7-5-6-11-9(7)4-3-8(2)10/h5-6,8,10H,3-4H2,1-2H3/t8-/m0/s1. The van der Waals surface area contributed by atoms with Crippen molar-refractivity contribution in [1.29, 1.82) is 0 Å². The van der Waals surface area contributed by atoms with E-state index in [0.717, 1.165) is 18.6 Å². The van der Waals surface area contributed by atoms with Crippen LogP contribution in [0.1, 0.15) is 24.7 Å². The number of rotatable bonds is 3. The molecule has 0 aromatic carbocycles. The van der Waals surface area contributed by atoms with Gasteiger partial charge in [-0.05, 0) is 31.9 Å². The van der Waals surface area contributed by atoms with Gasteiger partial charge in [0.2, 0.25) is 0 Å². The summed E-state index contributed by atoms with van der Waals surface area (Å²) >= 11 is 0. The van der Waals surface area contributed by atoms with Crippen molar-refractivity contribution in [2.75, 3.05) is 0 Å². The fourth-order valence-corrected chi connectivity index (χ4v) is 1.00. The second-order valence-corrected chi connectivity index (χ2v) is 2.91. The summed E-state index contributed by atoms with van der Waals surface area (Å²) in [6.45, 7) is 3.80. The Balaban J connectivity index is 2.44. The molecule has 0 bridgehead atoms. The normalized spacial score (nSPS) is 13.4. The third-order valence-electron chi connectivity index (χ3n) is 1.76. The van der Waals surface area contributed by atoms with Crippen LogP contribution in [0.2, 0.25) is 0 Å². The van der Waals surface area contributed by atoms with Crippen molar-refractivity contribution in [2.24, 2.45) is 0 Å². The highest BCUT2D eigenvalue weighted by molar-refractivity contribution is 5.14. The molecule has 1 aromatic rings. The van der Waals surface area contributed by atoms with Crippen molar-refractivity contribution in [1.82, 2.24) is 0 Å². The summed E-state index contributed by atoms with van der Waals surface area (Å²) < 4.78 is 5.20. The zero-order chi connectivity index (χ0) is 8.27. The van der Waals surface area contributed by atoms with E-state index in [1.54, 1.807) is 13.2 Å². The molecule has 0 unspecified atom stereocenters. The summed E-state index contributed by atoms with van der Waals surface area (Å²) in [6.07, 6.45) is 3.05. The molecule has 2 nitrogen and oxygen atoms in total. The first kappa shape index (κ1) is 8.34. The van der Waals surface area contributed by atoms with Gasteiger partial charge >= 0.3 is 0 Å². The SMILES string of the molecule is Cc1ccoc1CC[C@H](C)O. The van der Waals surface area contributed by atoms with Gasteiger partial charge in [0.05, 0.1) is 12.4 Å². The maximum absolute atomic E-state index is 9.00. The number of hydrogen-bond donors (Lipinski definition) is 1. The molecule has 1 N–H and O–H groups in total. The van der Waals surface area contributed by atoms with Crippen LogP contribution in [0.3, 0.4) is 0 Å². The lowest BCUT2D eigenvalue weighted by Gasteiger charge is -2.01. The lowest BCUT2D eigenvalue weighted by atomic mass is 10.1. The Bertz CT molecular complexity index is 213. The molecule has 1 rings (SSSR count). The van der Waals surface area contributed by atoms with Gasteiger partial charge in [-0.1, -0.05) is 0 Å². The molecule has 62 valence electrons. The number of furan rings is 1. The van der Waals surface area contributed by atoms with Crippen LogP contribution in [0.25, 0.3) is 0 Å². The smallest absolute Gasteiger partial charge is 0.106 e. The van der Waals surface area contributed by atoms with Crippen molar-refractivity contribution in [3.63, 3.8) is 0 Å². The summed E-state index contributed by atoms with van der Waals surface area (Å²) in [7, 11) is 0. The summed E-state index contributed by atoms with van der Waals surface area (Å²) in [5, 5.41) is 9.00. The lowest BCUT2D eigenvalue weighted by Crippen LogP contribution is -2.01. The van der Waals surface area contributed by atoms with Gasteiger partial charge in [-0.15, -0.1) is 0 Å². The van der Waals surface area contributed by atoms with E-state index < -0.39 is 0 Å². The molecule has 1 aromatic heterocycles. The third kappa shape index (κ3) is 2.39. The fraction of sp³-hybridized carbons (Fsp3) is 0.556. The van der Waals surface area contributed by atoms with Crippen molar-refractivity contribution >= 4 is 0 Å². The van der Waals surface area contributed by atoms with E-state index in [1.807, 2.05) is 13.0 Å². The van der Waals surface area contributed by atoms with Crippen molar-refractivity contribution in [2.45, 2.75) is 32.8 Å². The van der Waals surface area contributed by atoms with E-state index in [9.17, 15) is 0 Å².